The van der Waals surface area contributed by atoms with Crippen molar-refractivity contribution in [2.24, 2.45) is 0 Å². The molecule has 1 unspecified atom stereocenters. The van der Waals surface area contributed by atoms with Crippen LogP contribution in [0.15, 0.2) is 58.8 Å². The molecular weight excluding hydrogens is 512 g/mol. The van der Waals surface area contributed by atoms with Crippen molar-refractivity contribution in [3.63, 3.8) is 0 Å². The summed E-state index contributed by atoms with van der Waals surface area (Å²) in [6.45, 7) is 8.36. The van der Waals surface area contributed by atoms with Crippen LogP contribution in [0.3, 0.4) is 0 Å². The molecular formula is C23H29FN3O9P. The molecule has 0 aliphatic carbocycles. The Morgan fingerprint density at radius 3 is 2.62 bits per heavy atom. The number of nitrogens with one attached hydrogen (secondary N) is 2. The molecule has 0 bridgehead atoms. The van der Waals surface area contributed by atoms with Gasteiger partial charge in [-0.3, -0.25) is 23.7 Å². The van der Waals surface area contributed by atoms with Gasteiger partial charge in [0, 0.05) is 6.42 Å². The van der Waals surface area contributed by atoms with Crippen molar-refractivity contribution in [3.05, 3.63) is 75.8 Å². The number of carbonyl (C=O) groups excluding carboxylic acids is 1. The largest absolute Gasteiger partial charge is 0.462 e. The molecule has 0 radical (unpaired) electrons. The van der Waals surface area contributed by atoms with Gasteiger partial charge in [0.05, 0.1) is 18.4 Å². The quantitative estimate of drug-likeness (QED) is 0.218. The van der Waals surface area contributed by atoms with Gasteiger partial charge < -0.3 is 19.1 Å². The third kappa shape index (κ3) is 7.24. The molecule has 0 spiro atoms. The summed E-state index contributed by atoms with van der Waals surface area (Å²) in [5, 5.41) is 13.2. The average Bonchev–Trinajstić information content (AvgIpc) is 3.21. The maximum atomic E-state index is 13.8. The van der Waals surface area contributed by atoms with E-state index in [4.69, 9.17) is 18.5 Å². The minimum atomic E-state index is -4.35. The number of aromatic amines is 1. The fourth-order valence-electron chi connectivity index (χ4n) is 3.54. The summed E-state index contributed by atoms with van der Waals surface area (Å²) in [7, 11) is -4.35. The first-order valence-electron chi connectivity index (χ1n) is 11.4. The zero-order valence-electron chi connectivity index (χ0n) is 20.4. The number of hydrogen-bond donors (Lipinski definition) is 3. The molecule has 2 heterocycles. The molecule has 1 aromatic carbocycles. The van der Waals surface area contributed by atoms with Gasteiger partial charge in [0.25, 0.3) is 5.56 Å². The highest BCUT2D eigenvalue weighted by Gasteiger charge is 2.44. The highest BCUT2D eigenvalue weighted by Crippen LogP contribution is 2.48. The van der Waals surface area contributed by atoms with Crippen LogP contribution in [0, 0.1) is 5.82 Å². The number of carbonyl (C=O) groups is 1. The number of esters is 1. The predicted molar refractivity (Wildman–Crippen MR) is 129 cm³/mol. The molecule has 1 aliphatic rings. The minimum absolute atomic E-state index is 0.159. The van der Waals surface area contributed by atoms with Crippen LogP contribution < -0.4 is 20.9 Å². The zero-order chi connectivity index (χ0) is 27.3. The van der Waals surface area contributed by atoms with Gasteiger partial charge in [-0.05, 0) is 32.9 Å². The summed E-state index contributed by atoms with van der Waals surface area (Å²) < 4.78 is 50.5. The van der Waals surface area contributed by atoms with E-state index < -0.39 is 67.5 Å². The monoisotopic (exact) mass is 541 g/mol. The van der Waals surface area contributed by atoms with Crippen LogP contribution in [0.2, 0.25) is 0 Å². The van der Waals surface area contributed by atoms with Crippen LogP contribution >= 0.6 is 7.75 Å². The van der Waals surface area contributed by atoms with E-state index in [9.17, 15) is 28.4 Å². The summed E-state index contributed by atoms with van der Waals surface area (Å²) >= 11 is 0. The number of aromatic nitrogens is 2. The molecule has 14 heteroatoms. The Labute approximate surface area is 211 Å². The van der Waals surface area contributed by atoms with Crippen molar-refractivity contribution in [1.82, 2.24) is 14.6 Å². The van der Waals surface area contributed by atoms with Gasteiger partial charge in [-0.25, -0.2) is 9.36 Å². The standard InChI is InChI=1S/C23H29FN3O9P/c1-5-18(20-17(28)11-19(34-20)27-12-16(24)21(29)25-23(27)31)36-37(32,35-15-9-7-6-8-10-15)26-14(4)22(30)33-13(2)3/h5-10,12-14,17-20,28H,1,11H2,2-4H3,(H,26,32)(H,25,29,31)/t14-,17?,18+,19+,20-,37-/m0/s1. The van der Waals surface area contributed by atoms with E-state index in [-0.39, 0.29) is 12.2 Å². The van der Waals surface area contributed by atoms with Crippen molar-refractivity contribution in [2.75, 3.05) is 0 Å². The molecule has 3 rings (SSSR count). The van der Waals surface area contributed by atoms with Gasteiger partial charge in [0.2, 0.25) is 5.82 Å². The Kier molecular flexibility index (Phi) is 9.21. The van der Waals surface area contributed by atoms with Crippen LogP contribution in [0.4, 0.5) is 4.39 Å². The summed E-state index contributed by atoms with van der Waals surface area (Å²) in [5.74, 6) is -1.76. The Balaban J connectivity index is 1.85. The van der Waals surface area contributed by atoms with Crippen LogP contribution in [-0.4, -0.2) is 51.1 Å². The number of aliphatic hydroxyl groups is 1. The van der Waals surface area contributed by atoms with E-state index in [1.165, 1.54) is 25.1 Å². The number of H-pyrrole nitrogens is 1. The lowest BCUT2D eigenvalue weighted by molar-refractivity contribution is -0.149. The third-order valence-corrected chi connectivity index (χ3v) is 6.89. The van der Waals surface area contributed by atoms with Crippen molar-refractivity contribution < 1.29 is 37.4 Å². The molecule has 1 saturated heterocycles. The second-order valence-corrected chi connectivity index (χ2v) is 10.2. The van der Waals surface area contributed by atoms with E-state index in [1.54, 1.807) is 32.0 Å². The third-order valence-electron chi connectivity index (χ3n) is 5.21. The average molecular weight is 541 g/mol. The van der Waals surface area contributed by atoms with Gasteiger partial charge in [0.1, 0.15) is 30.2 Å². The Morgan fingerprint density at radius 1 is 1.32 bits per heavy atom. The maximum absolute atomic E-state index is 13.8. The fraction of sp³-hybridized carbons (Fsp3) is 0.435. The molecule has 2 aromatic rings. The second-order valence-electron chi connectivity index (χ2n) is 8.55. The number of halogens is 1. The summed E-state index contributed by atoms with van der Waals surface area (Å²) in [5.41, 5.74) is -2.14. The molecule has 1 aromatic heterocycles. The summed E-state index contributed by atoms with van der Waals surface area (Å²) in [6, 6.07) is 6.91. The topological polar surface area (TPSA) is 158 Å². The highest BCUT2D eigenvalue weighted by molar-refractivity contribution is 7.52. The van der Waals surface area contributed by atoms with E-state index in [2.05, 4.69) is 11.7 Å². The molecule has 0 saturated carbocycles. The molecule has 1 fully saturated rings. The Hall–Kier alpha value is -3.09. The summed E-state index contributed by atoms with van der Waals surface area (Å²) in [6.07, 6.45) is -3.69. The van der Waals surface area contributed by atoms with E-state index in [0.717, 1.165) is 4.57 Å². The predicted octanol–water partition coefficient (Wildman–Crippen LogP) is 2.01. The Morgan fingerprint density at radius 2 is 2.00 bits per heavy atom. The molecule has 0 amide bonds. The molecule has 6 atom stereocenters. The van der Waals surface area contributed by atoms with Gasteiger partial charge in [-0.2, -0.15) is 9.48 Å². The Bertz CT molecular complexity index is 1270. The number of nitrogens with zero attached hydrogens (tertiary/aromatic N) is 1. The maximum Gasteiger partial charge on any atom is 0.460 e. The molecule has 37 heavy (non-hydrogen) atoms. The normalized spacial score (nSPS) is 22.7. The van der Waals surface area contributed by atoms with Crippen LogP contribution in [0.5, 0.6) is 5.75 Å². The lowest BCUT2D eigenvalue weighted by Gasteiger charge is -2.29. The van der Waals surface area contributed by atoms with Crippen LogP contribution in [-0.2, 0) is 23.4 Å². The van der Waals surface area contributed by atoms with Gasteiger partial charge >= 0.3 is 19.4 Å². The molecule has 1 aliphatic heterocycles. The second kappa shape index (κ2) is 12.0. The first-order chi connectivity index (χ1) is 17.4. The number of aliphatic hydroxyl groups excluding tert-OH is 1. The number of rotatable bonds is 11. The van der Waals surface area contributed by atoms with E-state index in [1.807, 2.05) is 4.98 Å². The van der Waals surface area contributed by atoms with Crippen LogP contribution in [0.25, 0.3) is 0 Å². The first kappa shape index (κ1) is 28.5. The first-order valence-corrected chi connectivity index (χ1v) is 12.9. The van der Waals surface area contributed by atoms with Crippen LogP contribution in [0.1, 0.15) is 33.4 Å². The molecule has 202 valence electrons. The van der Waals surface area contributed by atoms with E-state index >= 15 is 0 Å². The fourth-order valence-corrected chi connectivity index (χ4v) is 5.20. The number of para-hydroxylation sites is 1. The van der Waals surface area contributed by atoms with Crippen molar-refractivity contribution in [3.8, 4) is 5.75 Å². The molecule has 3 N–H and O–H groups in total. The molecule has 12 nitrogen and oxygen atoms in total. The van der Waals surface area contributed by atoms with Crippen molar-refractivity contribution >= 4 is 13.7 Å². The number of benzene rings is 1. The number of hydrogen-bond acceptors (Lipinski definition) is 9. The SMILES string of the molecule is C=C[C@@H](O[P@](=O)(N[C@@H](C)C(=O)OC(C)C)Oc1ccccc1)[C@H]1O[C@@H](n2cc(F)c(=O)[nH]c2=O)CC1O. The lowest BCUT2D eigenvalue weighted by Crippen LogP contribution is -2.40. The van der Waals surface area contributed by atoms with Crippen molar-refractivity contribution in [1.29, 1.82) is 0 Å². The zero-order valence-corrected chi connectivity index (χ0v) is 21.3. The smallest absolute Gasteiger partial charge is 0.460 e. The number of ether oxygens (including phenoxy) is 2. The van der Waals surface area contributed by atoms with Crippen molar-refractivity contribution in [2.45, 2.75) is 63.9 Å². The summed E-state index contributed by atoms with van der Waals surface area (Å²) in [4.78, 5) is 37.6. The van der Waals surface area contributed by atoms with Gasteiger partial charge in [-0.15, -0.1) is 6.58 Å². The lowest BCUT2D eigenvalue weighted by atomic mass is 10.1. The highest BCUT2D eigenvalue weighted by atomic mass is 31.2. The van der Waals surface area contributed by atoms with Gasteiger partial charge in [-0.1, -0.05) is 24.3 Å². The minimum Gasteiger partial charge on any atom is -0.462 e. The van der Waals surface area contributed by atoms with Gasteiger partial charge in [0.15, 0.2) is 0 Å². The van der Waals surface area contributed by atoms with E-state index in [0.29, 0.717) is 6.20 Å².